The molecule has 27 heavy (non-hydrogen) atoms. The van der Waals surface area contributed by atoms with Gasteiger partial charge >= 0.3 is 0 Å². The molecule has 0 saturated heterocycles. The summed E-state index contributed by atoms with van der Waals surface area (Å²) >= 11 is 11.8. The van der Waals surface area contributed by atoms with E-state index < -0.39 is 6.04 Å². The molecule has 0 amide bonds. The van der Waals surface area contributed by atoms with Crippen LogP contribution in [0.5, 0.6) is 0 Å². The highest BCUT2D eigenvalue weighted by molar-refractivity contribution is 7.80. The fourth-order valence-corrected chi connectivity index (χ4v) is 3.94. The number of rotatable bonds is 5. The van der Waals surface area contributed by atoms with Crippen molar-refractivity contribution in [3.8, 4) is 0 Å². The average Bonchev–Trinajstić information content (AvgIpc) is 2.60. The lowest BCUT2D eigenvalue weighted by atomic mass is 9.98. The highest BCUT2D eigenvalue weighted by Crippen LogP contribution is 2.23. The molecule has 5 heteroatoms. The van der Waals surface area contributed by atoms with Crippen LogP contribution in [-0.2, 0) is 0 Å². The van der Waals surface area contributed by atoms with Gasteiger partial charge in [0.25, 0.3) is 0 Å². The first kappa shape index (κ1) is 21.4. The van der Waals surface area contributed by atoms with Gasteiger partial charge in [-0.15, -0.1) is 0 Å². The summed E-state index contributed by atoms with van der Waals surface area (Å²) in [6.45, 7) is 10.1. The van der Waals surface area contributed by atoms with Crippen molar-refractivity contribution in [1.82, 2.24) is 10.2 Å². The van der Waals surface area contributed by atoms with Crippen LogP contribution >= 0.6 is 23.8 Å². The summed E-state index contributed by atoms with van der Waals surface area (Å²) in [6.07, 6.45) is 0. The van der Waals surface area contributed by atoms with Gasteiger partial charge in [0.05, 0.1) is 12.1 Å². The number of Topliss-reactive ketones (excluding diaryl/α,β-unsaturated/α-hetero) is 1. The summed E-state index contributed by atoms with van der Waals surface area (Å²) in [5.41, 5.74) is 1.40. The third-order valence-electron chi connectivity index (χ3n) is 4.46. The fraction of sp³-hybridized carbons (Fsp3) is 0.364. The summed E-state index contributed by atoms with van der Waals surface area (Å²) in [4.78, 5) is 15.0. The molecule has 0 radical (unpaired) electrons. The Morgan fingerprint density at radius 1 is 1.07 bits per heavy atom. The van der Waals surface area contributed by atoms with Crippen LogP contribution in [0.4, 0.5) is 0 Å². The molecule has 0 aliphatic carbocycles. The Kier molecular flexibility index (Phi) is 7.01. The van der Waals surface area contributed by atoms with Gasteiger partial charge in [-0.1, -0.05) is 54.1 Å². The van der Waals surface area contributed by atoms with Crippen molar-refractivity contribution in [3.05, 3.63) is 70.7 Å². The second-order valence-electron chi connectivity index (χ2n) is 7.67. The van der Waals surface area contributed by atoms with Crippen LogP contribution < -0.4 is 5.32 Å². The minimum atomic E-state index is -0.425. The summed E-state index contributed by atoms with van der Waals surface area (Å²) in [5, 5.41) is 4.49. The van der Waals surface area contributed by atoms with Gasteiger partial charge in [0.15, 0.2) is 10.9 Å². The van der Waals surface area contributed by atoms with Crippen LogP contribution in [0.25, 0.3) is 0 Å². The molecule has 2 aromatic carbocycles. The van der Waals surface area contributed by atoms with Gasteiger partial charge in [-0.05, 0) is 64.5 Å². The quantitative estimate of drug-likeness (QED) is 0.517. The first-order valence-electron chi connectivity index (χ1n) is 9.06. The van der Waals surface area contributed by atoms with Crippen LogP contribution in [0.3, 0.4) is 0 Å². The number of thiocarbonyl (C=S) groups is 1. The van der Waals surface area contributed by atoms with E-state index in [0.717, 1.165) is 5.56 Å². The molecule has 0 spiro atoms. The number of hydrogen-bond donors (Lipinski definition) is 1. The van der Waals surface area contributed by atoms with Crippen LogP contribution in [0, 0.1) is 0 Å². The predicted octanol–water partition coefficient (Wildman–Crippen LogP) is 5.65. The fourth-order valence-electron chi connectivity index (χ4n) is 3.14. The van der Waals surface area contributed by atoms with E-state index in [9.17, 15) is 4.79 Å². The van der Waals surface area contributed by atoms with Crippen molar-refractivity contribution in [2.75, 3.05) is 0 Å². The lowest BCUT2D eigenvalue weighted by Gasteiger charge is -2.42. The summed E-state index contributed by atoms with van der Waals surface area (Å²) in [6, 6.07) is 16.8. The zero-order valence-corrected chi connectivity index (χ0v) is 18.1. The van der Waals surface area contributed by atoms with E-state index in [0.29, 0.717) is 15.7 Å². The zero-order valence-electron chi connectivity index (χ0n) is 16.5. The molecule has 0 heterocycles. The molecule has 2 rings (SSSR count). The number of carbonyl (C=O) groups excluding carboxylic acids is 1. The number of halogens is 1. The molecule has 0 aliphatic rings. The molecule has 2 aromatic rings. The van der Waals surface area contributed by atoms with Crippen LogP contribution in [0.15, 0.2) is 54.6 Å². The molecule has 0 bridgehead atoms. The molecule has 0 aromatic heterocycles. The van der Waals surface area contributed by atoms with Crippen molar-refractivity contribution in [2.45, 2.75) is 52.2 Å². The smallest absolute Gasteiger partial charge is 0.185 e. The highest BCUT2D eigenvalue weighted by atomic mass is 35.5. The molecule has 0 aliphatic heterocycles. The first-order chi connectivity index (χ1) is 12.6. The average molecular weight is 403 g/mol. The lowest BCUT2D eigenvalue weighted by Crippen LogP contribution is -2.57. The second-order valence-corrected chi connectivity index (χ2v) is 8.50. The van der Waals surface area contributed by atoms with E-state index >= 15 is 0 Å². The molecule has 144 valence electrons. The standard InChI is InChI=1S/C22H27ClN2OS/c1-15(17-10-7-6-8-11-17)24-21(27)25(22(3,4)5)16(2)20(26)18-12-9-13-19(23)14-18/h6-16H,1-5H3,(H,24,27)/t15-,16-/m1/s1. The molecule has 1 N–H and O–H groups in total. The van der Waals surface area contributed by atoms with Gasteiger partial charge in [-0.25, -0.2) is 0 Å². The Hall–Kier alpha value is -1.91. The Labute approximate surface area is 172 Å². The SMILES string of the molecule is C[C@H](C(=O)c1cccc(Cl)c1)N(C(=S)N[C@H](C)c1ccccc1)C(C)(C)C. The van der Waals surface area contributed by atoms with Crippen molar-refractivity contribution < 1.29 is 4.79 Å². The Morgan fingerprint density at radius 3 is 2.26 bits per heavy atom. The summed E-state index contributed by atoms with van der Waals surface area (Å²) < 4.78 is 0. The highest BCUT2D eigenvalue weighted by Gasteiger charge is 2.33. The van der Waals surface area contributed by atoms with Crippen LogP contribution in [0.1, 0.15) is 56.6 Å². The Bertz CT molecular complexity index is 801. The second kappa shape index (κ2) is 8.85. The largest absolute Gasteiger partial charge is 0.356 e. The van der Waals surface area contributed by atoms with Crippen molar-refractivity contribution in [1.29, 1.82) is 0 Å². The number of carbonyl (C=O) groups is 1. The molecular weight excluding hydrogens is 376 g/mol. The first-order valence-corrected chi connectivity index (χ1v) is 9.84. The predicted molar refractivity (Wildman–Crippen MR) is 117 cm³/mol. The zero-order chi connectivity index (χ0) is 20.2. The van der Waals surface area contributed by atoms with Gasteiger partial charge in [-0.2, -0.15) is 0 Å². The number of nitrogens with zero attached hydrogens (tertiary/aromatic N) is 1. The monoisotopic (exact) mass is 402 g/mol. The van der Waals surface area contributed by atoms with E-state index in [1.807, 2.05) is 30.0 Å². The van der Waals surface area contributed by atoms with E-state index in [4.69, 9.17) is 23.8 Å². The van der Waals surface area contributed by atoms with Crippen LogP contribution in [0.2, 0.25) is 5.02 Å². The number of benzene rings is 2. The minimum absolute atomic E-state index is 0.0102. The van der Waals surface area contributed by atoms with Gasteiger partial charge in [0.2, 0.25) is 0 Å². The Morgan fingerprint density at radius 2 is 1.70 bits per heavy atom. The molecule has 3 nitrogen and oxygen atoms in total. The van der Waals surface area contributed by atoms with Crippen molar-refractivity contribution in [3.63, 3.8) is 0 Å². The third-order valence-corrected chi connectivity index (χ3v) is 5.01. The van der Waals surface area contributed by atoms with E-state index in [1.165, 1.54) is 0 Å². The van der Waals surface area contributed by atoms with Crippen molar-refractivity contribution in [2.24, 2.45) is 0 Å². The van der Waals surface area contributed by atoms with Gasteiger partial charge in [-0.3, -0.25) is 4.79 Å². The van der Waals surface area contributed by atoms with Gasteiger partial charge in [0.1, 0.15) is 0 Å². The molecule has 0 saturated carbocycles. The molecule has 2 atom stereocenters. The lowest BCUT2D eigenvalue weighted by molar-refractivity contribution is 0.0823. The summed E-state index contributed by atoms with van der Waals surface area (Å²) in [5.74, 6) is -0.0102. The van der Waals surface area contributed by atoms with E-state index in [-0.39, 0.29) is 17.4 Å². The topological polar surface area (TPSA) is 32.3 Å². The Balaban J connectivity index is 2.24. The maximum Gasteiger partial charge on any atom is 0.185 e. The third kappa shape index (κ3) is 5.53. The number of hydrogen-bond acceptors (Lipinski definition) is 2. The molecular formula is C22H27ClN2OS. The van der Waals surface area contributed by atoms with E-state index in [1.54, 1.807) is 24.3 Å². The molecule has 0 fully saturated rings. The maximum atomic E-state index is 13.1. The molecule has 0 unspecified atom stereocenters. The normalized spacial score (nSPS) is 13.6. The number of nitrogens with one attached hydrogen (secondary N) is 1. The van der Waals surface area contributed by atoms with E-state index in [2.05, 4.69) is 45.1 Å². The minimum Gasteiger partial charge on any atom is -0.356 e. The number of ketones is 1. The maximum absolute atomic E-state index is 13.1. The van der Waals surface area contributed by atoms with Gasteiger partial charge < -0.3 is 10.2 Å². The summed E-state index contributed by atoms with van der Waals surface area (Å²) in [7, 11) is 0. The van der Waals surface area contributed by atoms with Crippen molar-refractivity contribution >= 4 is 34.7 Å². The van der Waals surface area contributed by atoms with Crippen LogP contribution in [-0.4, -0.2) is 27.4 Å². The van der Waals surface area contributed by atoms with Gasteiger partial charge in [0, 0.05) is 16.1 Å².